The standard InChI is InChI=1S/C13H15BrN2O/c14-10-4-2-1-3-9(10)7-13-16-11-8-15-6-5-12(11)17-13/h1-4,11-12,15H,5-8H2. The Morgan fingerprint density at radius 2 is 2.29 bits per heavy atom. The van der Waals surface area contributed by atoms with Crippen LogP contribution in [0.2, 0.25) is 0 Å². The van der Waals surface area contributed by atoms with Crippen LogP contribution in [0.5, 0.6) is 0 Å². The van der Waals surface area contributed by atoms with E-state index in [0.29, 0.717) is 12.1 Å². The van der Waals surface area contributed by atoms with Crippen LogP contribution in [0.4, 0.5) is 0 Å². The summed E-state index contributed by atoms with van der Waals surface area (Å²) in [6.45, 7) is 1.99. The van der Waals surface area contributed by atoms with Crippen LogP contribution in [-0.4, -0.2) is 31.1 Å². The number of hydrogen-bond donors (Lipinski definition) is 1. The predicted molar refractivity (Wildman–Crippen MR) is 71.4 cm³/mol. The minimum atomic E-state index is 0.300. The quantitative estimate of drug-likeness (QED) is 0.907. The van der Waals surface area contributed by atoms with Crippen molar-refractivity contribution in [2.75, 3.05) is 13.1 Å². The van der Waals surface area contributed by atoms with Crippen LogP contribution in [0.15, 0.2) is 33.7 Å². The third kappa shape index (κ3) is 2.38. The van der Waals surface area contributed by atoms with Crippen molar-refractivity contribution >= 4 is 21.8 Å². The van der Waals surface area contributed by atoms with Gasteiger partial charge in [0.2, 0.25) is 0 Å². The molecule has 1 aromatic carbocycles. The maximum Gasteiger partial charge on any atom is 0.188 e. The Hall–Kier alpha value is -0.870. The van der Waals surface area contributed by atoms with Gasteiger partial charge in [-0.3, -0.25) is 0 Å². The van der Waals surface area contributed by atoms with Gasteiger partial charge in [-0.1, -0.05) is 34.1 Å². The third-order valence-electron chi connectivity index (χ3n) is 3.29. The van der Waals surface area contributed by atoms with Crippen LogP contribution in [0.1, 0.15) is 12.0 Å². The normalized spacial score (nSPS) is 27.2. The number of nitrogens with one attached hydrogen (secondary N) is 1. The first-order chi connectivity index (χ1) is 8.33. The molecule has 90 valence electrons. The van der Waals surface area contributed by atoms with Gasteiger partial charge in [0.15, 0.2) is 5.90 Å². The highest BCUT2D eigenvalue weighted by Gasteiger charge is 2.32. The molecule has 0 amide bonds. The predicted octanol–water partition coefficient (Wildman–Crippen LogP) is 2.15. The summed E-state index contributed by atoms with van der Waals surface area (Å²) < 4.78 is 7.04. The lowest BCUT2D eigenvalue weighted by atomic mass is 10.1. The van der Waals surface area contributed by atoms with Gasteiger partial charge in [0.25, 0.3) is 0 Å². The molecule has 2 atom stereocenters. The van der Waals surface area contributed by atoms with Crippen molar-refractivity contribution in [1.82, 2.24) is 5.32 Å². The summed E-state index contributed by atoms with van der Waals surface area (Å²) in [7, 11) is 0. The molecule has 1 saturated heterocycles. The van der Waals surface area contributed by atoms with E-state index < -0.39 is 0 Å². The van der Waals surface area contributed by atoms with Crippen LogP contribution in [0.3, 0.4) is 0 Å². The molecule has 1 aromatic rings. The monoisotopic (exact) mass is 294 g/mol. The largest absolute Gasteiger partial charge is 0.475 e. The lowest BCUT2D eigenvalue weighted by Gasteiger charge is -2.23. The molecule has 2 heterocycles. The molecule has 2 aliphatic heterocycles. The molecule has 0 saturated carbocycles. The molecule has 17 heavy (non-hydrogen) atoms. The number of piperidine rings is 1. The van der Waals surface area contributed by atoms with Crippen molar-refractivity contribution in [1.29, 1.82) is 0 Å². The summed E-state index contributed by atoms with van der Waals surface area (Å²) in [5, 5.41) is 3.36. The van der Waals surface area contributed by atoms with Crippen LogP contribution in [-0.2, 0) is 11.2 Å². The molecule has 1 N–H and O–H groups in total. The zero-order chi connectivity index (χ0) is 11.7. The number of halogens is 1. The summed E-state index contributed by atoms with van der Waals surface area (Å²) in [5.74, 6) is 0.885. The second-order valence-corrected chi connectivity index (χ2v) is 5.36. The fourth-order valence-electron chi connectivity index (χ4n) is 2.37. The Labute approximate surface area is 109 Å². The van der Waals surface area contributed by atoms with Gasteiger partial charge in [-0.05, 0) is 24.6 Å². The molecule has 0 spiro atoms. The first-order valence-electron chi connectivity index (χ1n) is 6.00. The summed E-state index contributed by atoms with van der Waals surface area (Å²) in [4.78, 5) is 4.66. The van der Waals surface area contributed by atoms with Crippen LogP contribution >= 0.6 is 15.9 Å². The fraction of sp³-hybridized carbons (Fsp3) is 0.462. The topological polar surface area (TPSA) is 33.6 Å². The average molecular weight is 295 g/mol. The molecule has 0 aliphatic carbocycles. The van der Waals surface area contributed by atoms with Crippen molar-refractivity contribution < 1.29 is 4.74 Å². The molecule has 1 fully saturated rings. The Kier molecular flexibility index (Phi) is 3.16. The second kappa shape index (κ2) is 4.78. The highest BCUT2D eigenvalue weighted by Crippen LogP contribution is 2.23. The summed E-state index contributed by atoms with van der Waals surface area (Å²) >= 11 is 3.56. The first-order valence-corrected chi connectivity index (χ1v) is 6.80. The van der Waals surface area contributed by atoms with E-state index in [1.54, 1.807) is 0 Å². The highest BCUT2D eigenvalue weighted by atomic mass is 79.9. The molecule has 2 aliphatic rings. The molecule has 3 nitrogen and oxygen atoms in total. The molecular weight excluding hydrogens is 280 g/mol. The number of aliphatic imine (C=N–C) groups is 1. The smallest absolute Gasteiger partial charge is 0.188 e. The minimum absolute atomic E-state index is 0.300. The van der Waals surface area contributed by atoms with Gasteiger partial charge in [0.05, 0.1) is 0 Å². The Morgan fingerprint density at radius 1 is 1.41 bits per heavy atom. The SMILES string of the molecule is Brc1ccccc1CC1=NC2CNCCC2O1. The van der Waals surface area contributed by atoms with Crippen molar-refractivity contribution in [2.45, 2.75) is 25.0 Å². The highest BCUT2D eigenvalue weighted by molar-refractivity contribution is 9.10. The number of rotatable bonds is 2. The number of nitrogens with zero attached hydrogens (tertiary/aromatic N) is 1. The first kappa shape index (κ1) is 11.2. The van der Waals surface area contributed by atoms with Gasteiger partial charge in [-0.15, -0.1) is 0 Å². The van der Waals surface area contributed by atoms with Crippen LogP contribution in [0.25, 0.3) is 0 Å². The molecule has 0 radical (unpaired) electrons. The molecule has 0 aromatic heterocycles. The van der Waals surface area contributed by atoms with Crippen molar-refractivity contribution in [3.8, 4) is 0 Å². The van der Waals surface area contributed by atoms with Crippen LogP contribution < -0.4 is 5.32 Å². The van der Waals surface area contributed by atoms with E-state index in [1.807, 2.05) is 12.1 Å². The van der Waals surface area contributed by atoms with E-state index in [-0.39, 0.29) is 0 Å². The maximum absolute atomic E-state index is 5.91. The Bertz CT molecular complexity index is 447. The molecule has 3 rings (SSSR count). The van der Waals surface area contributed by atoms with E-state index in [2.05, 4.69) is 38.4 Å². The number of fused-ring (bicyclic) bond motifs is 1. The van der Waals surface area contributed by atoms with E-state index in [9.17, 15) is 0 Å². The molecule has 2 unspecified atom stereocenters. The molecule has 4 heteroatoms. The van der Waals surface area contributed by atoms with Crippen molar-refractivity contribution in [2.24, 2.45) is 4.99 Å². The van der Waals surface area contributed by atoms with Crippen LogP contribution in [0, 0.1) is 0 Å². The van der Waals surface area contributed by atoms with E-state index in [0.717, 1.165) is 36.3 Å². The second-order valence-electron chi connectivity index (χ2n) is 4.51. The maximum atomic E-state index is 5.91. The lowest BCUT2D eigenvalue weighted by molar-refractivity contribution is 0.158. The van der Waals surface area contributed by atoms with E-state index in [4.69, 9.17) is 4.74 Å². The van der Waals surface area contributed by atoms with E-state index in [1.165, 1.54) is 5.56 Å². The Balaban J connectivity index is 1.72. The third-order valence-corrected chi connectivity index (χ3v) is 4.06. The van der Waals surface area contributed by atoms with Gasteiger partial charge in [0.1, 0.15) is 12.1 Å². The number of hydrogen-bond acceptors (Lipinski definition) is 3. The van der Waals surface area contributed by atoms with Gasteiger partial charge < -0.3 is 10.1 Å². The summed E-state index contributed by atoms with van der Waals surface area (Å²) in [6, 6.07) is 8.55. The fourth-order valence-corrected chi connectivity index (χ4v) is 2.79. The van der Waals surface area contributed by atoms with Gasteiger partial charge in [0, 0.05) is 17.4 Å². The number of ether oxygens (including phenoxy) is 1. The van der Waals surface area contributed by atoms with E-state index >= 15 is 0 Å². The van der Waals surface area contributed by atoms with Gasteiger partial charge in [-0.2, -0.15) is 0 Å². The molecule has 0 bridgehead atoms. The number of benzene rings is 1. The summed E-state index contributed by atoms with van der Waals surface area (Å²) in [5.41, 5.74) is 1.23. The average Bonchev–Trinajstić information content (AvgIpc) is 2.74. The zero-order valence-corrected chi connectivity index (χ0v) is 11.1. The van der Waals surface area contributed by atoms with Crippen molar-refractivity contribution in [3.05, 3.63) is 34.3 Å². The van der Waals surface area contributed by atoms with Crippen molar-refractivity contribution in [3.63, 3.8) is 0 Å². The lowest BCUT2D eigenvalue weighted by Crippen LogP contribution is -2.41. The molecular formula is C13H15BrN2O. The minimum Gasteiger partial charge on any atom is -0.475 e. The Morgan fingerprint density at radius 3 is 3.12 bits per heavy atom. The van der Waals surface area contributed by atoms with Gasteiger partial charge >= 0.3 is 0 Å². The zero-order valence-electron chi connectivity index (χ0n) is 9.53. The van der Waals surface area contributed by atoms with Gasteiger partial charge in [-0.25, -0.2) is 4.99 Å². The summed E-state index contributed by atoms with van der Waals surface area (Å²) in [6.07, 6.45) is 2.15.